The lowest BCUT2D eigenvalue weighted by Crippen LogP contribution is -2.25. The van der Waals surface area contributed by atoms with Crippen molar-refractivity contribution in [1.29, 1.82) is 5.26 Å². The fourth-order valence-electron chi connectivity index (χ4n) is 1.62. The summed E-state index contributed by atoms with van der Waals surface area (Å²) >= 11 is 3.28. The Hall–Kier alpha value is -1.08. The fourth-order valence-corrected chi connectivity index (χ4v) is 2.18. The molecular weight excluding hydrogens is 273 g/mol. The van der Waals surface area contributed by atoms with Crippen molar-refractivity contribution in [1.82, 2.24) is 0 Å². The molecule has 0 amide bonds. The number of hydrogen-bond acceptors (Lipinski definition) is 2. The lowest BCUT2D eigenvalue weighted by Gasteiger charge is -2.27. The van der Waals surface area contributed by atoms with Gasteiger partial charge < -0.3 is 4.74 Å². The zero-order valence-electron chi connectivity index (χ0n) is 8.67. The first-order valence-corrected chi connectivity index (χ1v) is 6.01. The van der Waals surface area contributed by atoms with Gasteiger partial charge in [0.25, 0.3) is 0 Å². The van der Waals surface area contributed by atoms with Gasteiger partial charge in [-0.25, -0.2) is 4.39 Å². The van der Waals surface area contributed by atoms with Crippen LogP contribution in [-0.4, -0.2) is 6.10 Å². The first-order chi connectivity index (χ1) is 7.70. The van der Waals surface area contributed by atoms with Crippen molar-refractivity contribution < 1.29 is 9.13 Å². The molecule has 0 bridgehead atoms. The highest BCUT2D eigenvalue weighted by Crippen LogP contribution is 2.34. The summed E-state index contributed by atoms with van der Waals surface area (Å²) in [7, 11) is 0. The maximum Gasteiger partial charge on any atom is 0.138 e. The Kier molecular flexibility index (Phi) is 3.45. The standard InChI is InChI=1S/C12H11BrFNO/c13-11-7-9(14)6-8(4-5-15)12(11)16-10-2-1-3-10/h6-7,10H,1-4H2. The van der Waals surface area contributed by atoms with E-state index in [0.29, 0.717) is 15.8 Å². The Morgan fingerprint density at radius 1 is 1.50 bits per heavy atom. The Balaban J connectivity index is 2.28. The second kappa shape index (κ2) is 4.84. The molecule has 1 aromatic carbocycles. The Bertz CT molecular complexity index is 437. The molecule has 0 atom stereocenters. The number of benzene rings is 1. The Morgan fingerprint density at radius 2 is 2.25 bits per heavy atom. The van der Waals surface area contributed by atoms with Crippen LogP contribution in [0.2, 0.25) is 0 Å². The van der Waals surface area contributed by atoms with Gasteiger partial charge in [-0.3, -0.25) is 0 Å². The average molecular weight is 284 g/mol. The lowest BCUT2D eigenvalue weighted by atomic mass is 9.96. The van der Waals surface area contributed by atoms with Crippen LogP contribution < -0.4 is 4.74 Å². The molecule has 1 aliphatic carbocycles. The molecule has 0 radical (unpaired) electrons. The van der Waals surface area contributed by atoms with Crippen LogP contribution in [0.25, 0.3) is 0 Å². The average Bonchev–Trinajstić information content (AvgIpc) is 2.14. The molecule has 0 aliphatic heterocycles. The smallest absolute Gasteiger partial charge is 0.138 e. The molecule has 16 heavy (non-hydrogen) atoms. The molecule has 0 aromatic heterocycles. The van der Waals surface area contributed by atoms with E-state index in [1.165, 1.54) is 18.6 Å². The first-order valence-electron chi connectivity index (χ1n) is 5.22. The Labute approximate surface area is 102 Å². The third-order valence-corrected chi connectivity index (χ3v) is 3.28. The van der Waals surface area contributed by atoms with Gasteiger partial charge in [0, 0.05) is 5.56 Å². The van der Waals surface area contributed by atoms with Gasteiger partial charge >= 0.3 is 0 Å². The highest BCUT2D eigenvalue weighted by Gasteiger charge is 2.22. The van der Waals surface area contributed by atoms with Crippen LogP contribution in [0.1, 0.15) is 24.8 Å². The minimum Gasteiger partial charge on any atom is -0.489 e. The number of nitrogens with zero attached hydrogens (tertiary/aromatic N) is 1. The number of halogens is 2. The van der Waals surface area contributed by atoms with E-state index in [-0.39, 0.29) is 18.3 Å². The van der Waals surface area contributed by atoms with Crippen molar-refractivity contribution >= 4 is 15.9 Å². The summed E-state index contributed by atoms with van der Waals surface area (Å²) in [5.41, 5.74) is 0.612. The summed E-state index contributed by atoms with van der Waals surface area (Å²) in [5, 5.41) is 8.69. The lowest BCUT2D eigenvalue weighted by molar-refractivity contribution is 0.118. The fraction of sp³-hybridized carbons (Fsp3) is 0.417. The largest absolute Gasteiger partial charge is 0.489 e. The number of nitriles is 1. The van der Waals surface area contributed by atoms with E-state index in [0.717, 1.165) is 12.8 Å². The zero-order chi connectivity index (χ0) is 11.5. The summed E-state index contributed by atoms with van der Waals surface area (Å²) in [4.78, 5) is 0. The number of rotatable bonds is 3. The Morgan fingerprint density at radius 3 is 2.81 bits per heavy atom. The summed E-state index contributed by atoms with van der Waals surface area (Å²) in [5.74, 6) is 0.269. The van der Waals surface area contributed by atoms with Crippen molar-refractivity contribution in [2.24, 2.45) is 0 Å². The van der Waals surface area contributed by atoms with Crippen LogP contribution in [0, 0.1) is 17.1 Å². The second-order valence-electron chi connectivity index (χ2n) is 3.88. The molecule has 84 valence electrons. The first kappa shape index (κ1) is 11.4. The van der Waals surface area contributed by atoms with Crippen molar-refractivity contribution in [3.8, 4) is 11.8 Å². The predicted molar refractivity (Wildman–Crippen MR) is 61.7 cm³/mol. The SMILES string of the molecule is N#CCc1cc(F)cc(Br)c1OC1CCC1. The van der Waals surface area contributed by atoms with Crippen LogP contribution in [-0.2, 0) is 6.42 Å². The monoisotopic (exact) mass is 283 g/mol. The molecule has 1 saturated carbocycles. The van der Waals surface area contributed by atoms with Crippen molar-refractivity contribution in [2.45, 2.75) is 31.8 Å². The third kappa shape index (κ3) is 2.35. The van der Waals surface area contributed by atoms with Crippen LogP contribution in [0.5, 0.6) is 5.75 Å². The molecule has 4 heteroatoms. The molecule has 0 spiro atoms. The summed E-state index contributed by atoms with van der Waals surface area (Å²) < 4.78 is 19.5. The molecule has 2 rings (SSSR count). The number of ether oxygens (including phenoxy) is 1. The van der Waals surface area contributed by atoms with E-state index in [2.05, 4.69) is 15.9 Å². The van der Waals surface area contributed by atoms with Gasteiger partial charge in [-0.15, -0.1) is 0 Å². The highest BCUT2D eigenvalue weighted by molar-refractivity contribution is 9.10. The van der Waals surface area contributed by atoms with E-state index in [1.807, 2.05) is 6.07 Å². The van der Waals surface area contributed by atoms with Crippen LogP contribution in [0.3, 0.4) is 0 Å². The van der Waals surface area contributed by atoms with Gasteiger partial charge in [0.05, 0.1) is 23.1 Å². The maximum absolute atomic E-state index is 13.2. The summed E-state index contributed by atoms with van der Waals surface area (Å²) in [6.07, 6.45) is 3.64. The molecule has 0 N–H and O–H groups in total. The highest BCUT2D eigenvalue weighted by atomic mass is 79.9. The second-order valence-corrected chi connectivity index (χ2v) is 4.74. The van der Waals surface area contributed by atoms with Crippen molar-refractivity contribution in [3.05, 3.63) is 28.0 Å². The minimum atomic E-state index is -0.349. The van der Waals surface area contributed by atoms with E-state index in [9.17, 15) is 4.39 Å². The van der Waals surface area contributed by atoms with E-state index in [1.54, 1.807) is 0 Å². The van der Waals surface area contributed by atoms with Gasteiger partial charge in [0.1, 0.15) is 11.6 Å². The zero-order valence-corrected chi connectivity index (χ0v) is 10.3. The van der Waals surface area contributed by atoms with Gasteiger partial charge in [-0.2, -0.15) is 5.26 Å². The molecule has 1 aliphatic rings. The quantitative estimate of drug-likeness (QED) is 0.849. The topological polar surface area (TPSA) is 33.0 Å². The molecule has 0 saturated heterocycles. The summed E-state index contributed by atoms with van der Waals surface area (Å²) in [6.45, 7) is 0. The summed E-state index contributed by atoms with van der Waals surface area (Å²) in [6, 6.07) is 4.75. The normalized spacial score (nSPS) is 15.3. The van der Waals surface area contributed by atoms with Gasteiger partial charge in [-0.1, -0.05) is 0 Å². The molecule has 2 nitrogen and oxygen atoms in total. The number of hydrogen-bond donors (Lipinski definition) is 0. The van der Waals surface area contributed by atoms with E-state index in [4.69, 9.17) is 10.00 Å². The maximum atomic E-state index is 13.2. The molecule has 0 unspecified atom stereocenters. The van der Waals surface area contributed by atoms with Gasteiger partial charge in [-0.05, 0) is 47.3 Å². The van der Waals surface area contributed by atoms with Gasteiger partial charge in [0.15, 0.2) is 0 Å². The van der Waals surface area contributed by atoms with Crippen LogP contribution in [0.4, 0.5) is 4.39 Å². The van der Waals surface area contributed by atoms with Crippen LogP contribution in [0.15, 0.2) is 16.6 Å². The van der Waals surface area contributed by atoms with Crippen LogP contribution >= 0.6 is 15.9 Å². The molecule has 1 aromatic rings. The van der Waals surface area contributed by atoms with Crippen molar-refractivity contribution in [3.63, 3.8) is 0 Å². The predicted octanol–water partition coefficient (Wildman–Crippen LogP) is 3.59. The third-order valence-electron chi connectivity index (χ3n) is 2.69. The van der Waals surface area contributed by atoms with E-state index < -0.39 is 0 Å². The minimum absolute atomic E-state index is 0.165. The van der Waals surface area contributed by atoms with Gasteiger partial charge in [0.2, 0.25) is 0 Å². The molecule has 1 fully saturated rings. The molecule has 0 heterocycles. The van der Waals surface area contributed by atoms with E-state index >= 15 is 0 Å². The molecular formula is C12H11BrFNO. The van der Waals surface area contributed by atoms with Crippen molar-refractivity contribution in [2.75, 3.05) is 0 Å².